The maximum atomic E-state index is 3.78. The second kappa shape index (κ2) is 4.79. The monoisotopic (exact) mass is 208 g/mol. The van der Waals surface area contributed by atoms with E-state index in [0.717, 1.165) is 0 Å². The molecule has 0 bridgehead atoms. The Morgan fingerprint density at radius 2 is 2.07 bits per heavy atom. The molecule has 0 unspecified atom stereocenters. The first-order valence-electron chi connectivity index (χ1n) is 5.53. The van der Waals surface area contributed by atoms with Crippen LogP contribution in [0.4, 0.5) is 0 Å². The molecule has 1 aromatic heterocycles. The molecule has 0 aromatic carbocycles. The van der Waals surface area contributed by atoms with E-state index in [-0.39, 0.29) is 0 Å². The van der Waals surface area contributed by atoms with Crippen LogP contribution in [-0.2, 0) is 5.41 Å². The fourth-order valence-electron chi connectivity index (χ4n) is 1.67. The molecular formula is C13H20S. The molecule has 78 valence electrons. The van der Waals surface area contributed by atoms with Gasteiger partial charge in [0.2, 0.25) is 0 Å². The van der Waals surface area contributed by atoms with E-state index in [4.69, 9.17) is 0 Å². The van der Waals surface area contributed by atoms with Crippen molar-refractivity contribution < 1.29 is 0 Å². The maximum Gasteiger partial charge on any atom is 0.0267 e. The summed E-state index contributed by atoms with van der Waals surface area (Å²) in [6, 6.07) is 4.46. The van der Waals surface area contributed by atoms with Crippen molar-refractivity contribution in [2.45, 2.75) is 45.4 Å². The molecule has 0 radical (unpaired) electrons. The van der Waals surface area contributed by atoms with Crippen LogP contribution in [0.25, 0.3) is 6.08 Å². The van der Waals surface area contributed by atoms with E-state index in [1.807, 2.05) is 31.3 Å². The van der Waals surface area contributed by atoms with Crippen LogP contribution in [0, 0.1) is 0 Å². The third-order valence-corrected chi connectivity index (χ3v) is 4.21. The van der Waals surface area contributed by atoms with Crippen molar-refractivity contribution in [2.24, 2.45) is 0 Å². The summed E-state index contributed by atoms with van der Waals surface area (Å²) in [7, 11) is 0. The van der Waals surface area contributed by atoms with Gasteiger partial charge in [0.05, 0.1) is 0 Å². The Hall–Kier alpha value is -0.560. The second-order valence-corrected chi connectivity index (χ2v) is 4.66. The minimum atomic E-state index is 0.575. The number of hydrogen-bond acceptors (Lipinski definition) is 1. The van der Waals surface area contributed by atoms with Crippen molar-refractivity contribution in [1.29, 1.82) is 0 Å². The van der Waals surface area contributed by atoms with Crippen LogP contribution in [0.1, 0.15) is 49.8 Å². The summed E-state index contributed by atoms with van der Waals surface area (Å²) < 4.78 is 0. The molecule has 1 aromatic rings. The van der Waals surface area contributed by atoms with Gasteiger partial charge in [-0.1, -0.05) is 33.4 Å². The van der Waals surface area contributed by atoms with Crippen LogP contribution >= 0.6 is 11.3 Å². The van der Waals surface area contributed by atoms with Gasteiger partial charge in [0.25, 0.3) is 0 Å². The lowest BCUT2D eigenvalue weighted by Gasteiger charge is -2.07. The minimum Gasteiger partial charge on any atom is -0.140 e. The van der Waals surface area contributed by atoms with Crippen LogP contribution in [0.3, 0.4) is 0 Å². The summed E-state index contributed by atoms with van der Waals surface area (Å²) in [6.45, 7) is 10.1. The molecule has 0 N–H and O–H groups in total. The van der Waals surface area contributed by atoms with E-state index in [2.05, 4.69) is 25.6 Å². The quantitative estimate of drug-likeness (QED) is 0.665. The summed E-state index contributed by atoms with van der Waals surface area (Å²) in [5, 5.41) is 0. The Balaban J connectivity index is 0.000000461. The van der Waals surface area contributed by atoms with Crippen molar-refractivity contribution in [2.75, 3.05) is 0 Å². The molecule has 0 saturated heterocycles. The molecule has 1 aliphatic carbocycles. The first-order valence-corrected chi connectivity index (χ1v) is 6.35. The summed E-state index contributed by atoms with van der Waals surface area (Å²) in [5.41, 5.74) is 0.575. The van der Waals surface area contributed by atoms with Crippen LogP contribution in [0.15, 0.2) is 18.7 Å². The van der Waals surface area contributed by atoms with Crippen LogP contribution < -0.4 is 0 Å². The van der Waals surface area contributed by atoms with Gasteiger partial charge in [-0.3, -0.25) is 0 Å². The van der Waals surface area contributed by atoms with Gasteiger partial charge in [-0.2, -0.15) is 0 Å². The van der Waals surface area contributed by atoms with E-state index < -0.39 is 0 Å². The molecule has 0 amide bonds. The molecule has 1 saturated carbocycles. The fourth-order valence-corrected chi connectivity index (χ4v) is 2.85. The highest BCUT2D eigenvalue weighted by Gasteiger charge is 2.43. The van der Waals surface area contributed by atoms with Crippen LogP contribution in [-0.4, -0.2) is 0 Å². The van der Waals surface area contributed by atoms with Gasteiger partial charge in [-0.15, -0.1) is 11.3 Å². The number of hydrogen-bond donors (Lipinski definition) is 0. The summed E-state index contributed by atoms with van der Waals surface area (Å²) in [4.78, 5) is 2.88. The van der Waals surface area contributed by atoms with Crippen LogP contribution in [0.5, 0.6) is 0 Å². The number of rotatable bonds is 3. The van der Waals surface area contributed by atoms with E-state index in [1.165, 1.54) is 24.1 Å². The van der Waals surface area contributed by atoms with E-state index in [0.29, 0.717) is 5.41 Å². The predicted molar refractivity (Wildman–Crippen MR) is 67.0 cm³/mol. The molecule has 14 heavy (non-hydrogen) atoms. The molecule has 1 fully saturated rings. The van der Waals surface area contributed by atoms with Gasteiger partial charge in [-0.05, 0) is 31.4 Å². The highest BCUT2D eigenvalue weighted by atomic mass is 32.1. The molecule has 0 aliphatic heterocycles. The molecule has 1 aliphatic rings. The molecule has 0 atom stereocenters. The lowest BCUT2D eigenvalue weighted by molar-refractivity contribution is 0.678. The maximum absolute atomic E-state index is 3.78. The van der Waals surface area contributed by atoms with Gasteiger partial charge in [0.15, 0.2) is 0 Å². The Morgan fingerprint density at radius 3 is 2.43 bits per heavy atom. The van der Waals surface area contributed by atoms with Gasteiger partial charge in [0, 0.05) is 15.2 Å². The molecule has 0 spiro atoms. The normalized spacial score (nSPS) is 16.8. The Labute approximate surface area is 91.7 Å². The topological polar surface area (TPSA) is 0 Å². The van der Waals surface area contributed by atoms with Crippen molar-refractivity contribution in [3.05, 3.63) is 28.5 Å². The first-order chi connectivity index (χ1) is 6.80. The molecule has 2 rings (SSSR count). The fraction of sp³-hybridized carbons (Fsp3) is 0.538. The zero-order chi connectivity index (χ0) is 10.6. The summed E-state index contributed by atoms with van der Waals surface area (Å²) >= 11 is 1.91. The smallest absolute Gasteiger partial charge is 0.0267 e. The summed E-state index contributed by atoms with van der Waals surface area (Å²) in [6.07, 6.45) is 6.02. The van der Waals surface area contributed by atoms with E-state index >= 15 is 0 Å². The highest BCUT2D eigenvalue weighted by molar-refractivity contribution is 7.13. The predicted octanol–water partition coefficient (Wildman–Crippen LogP) is 4.86. The lowest BCUT2D eigenvalue weighted by Crippen LogP contribution is -2.00. The third kappa shape index (κ3) is 2.09. The van der Waals surface area contributed by atoms with Gasteiger partial charge >= 0.3 is 0 Å². The van der Waals surface area contributed by atoms with Gasteiger partial charge in [0.1, 0.15) is 0 Å². The molecule has 0 nitrogen and oxygen atoms in total. The Bertz CT molecular complexity index is 292. The third-order valence-electron chi connectivity index (χ3n) is 2.88. The Kier molecular flexibility index (Phi) is 3.94. The number of thiophene rings is 1. The van der Waals surface area contributed by atoms with Gasteiger partial charge < -0.3 is 0 Å². The minimum absolute atomic E-state index is 0.575. The van der Waals surface area contributed by atoms with Crippen molar-refractivity contribution in [3.8, 4) is 0 Å². The Morgan fingerprint density at radius 1 is 1.43 bits per heavy atom. The largest absolute Gasteiger partial charge is 0.140 e. The SMILES string of the molecule is C=Cc1ccc(C2(CC)CC2)s1.CC. The van der Waals surface area contributed by atoms with E-state index in [1.54, 1.807) is 4.88 Å². The van der Waals surface area contributed by atoms with E-state index in [9.17, 15) is 0 Å². The zero-order valence-electron chi connectivity index (χ0n) is 9.47. The van der Waals surface area contributed by atoms with Crippen molar-refractivity contribution >= 4 is 17.4 Å². The standard InChI is InChI=1S/C11H14S.C2H6/c1-3-9-5-6-10(12-9)11(4-2)7-8-11;1-2/h3,5-6H,1,4,7-8H2,2H3;1-2H3. The molecule has 1 heteroatoms. The molecule has 1 heterocycles. The second-order valence-electron chi connectivity index (χ2n) is 3.54. The van der Waals surface area contributed by atoms with Gasteiger partial charge in [-0.25, -0.2) is 0 Å². The van der Waals surface area contributed by atoms with Crippen molar-refractivity contribution in [1.82, 2.24) is 0 Å². The van der Waals surface area contributed by atoms with Crippen LogP contribution in [0.2, 0.25) is 0 Å². The zero-order valence-corrected chi connectivity index (χ0v) is 10.3. The first kappa shape index (κ1) is 11.5. The molecular weight excluding hydrogens is 188 g/mol. The lowest BCUT2D eigenvalue weighted by atomic mass is 10.0. The highest BCUT2D eigenvalue weighted by Crippen LogP contribution is 2.52. The average Bonchev–Trinajstić information content (AvgIpc) is 2.92. The van der Waals surface area contributed by atoms with Crippen molar-refractivity contribution in [3.63, 3.8) is 0 Å². The summed E-state index contributed by atoms with van der Waals surface area (Å²) in [5.74, 6) is 0. The average molecular weight is 208 g/mol.